The predicted molar refractivity (Wildman–Crippen MR) is 58.2 cm³/mol. The molecule has 0 spiro atoms. The van der Waals surface area contributed by atoms with Gasteiger partial charge in [-0.25, -0.2) is 0 Å². The van der Waals surface area contributed by atoms with Crippen molar-refractivity contribution >= 4 is 40.0 Å². The molecule has 0 N–H and O–H groups in total. The highest BCUT2D eigenvalue weighted by Crippen LogP contribution is 2.38. The average molecular weight is 267 g/mol. The monoisotopic (exact) mass is 266 g/mol. The fourth-order valence-corrected chi connectivity index (χ4v) is 3.21. The molecule has 0 fully saturated rings. The Morgan fingerprint density at radius 2 is 2.00 bits per heavy atom. The highest BCUT2D eigenvalue weighted by atomic mass is 79.9. The van der Waals surface area contributed by atoms with Crippen LogP contribution in [0.15, 0.2) is 22.7 Å². The van der Waals surface area contributed by atoms with Gasteiger partial charge < -0.3 is 4.57 Å². The van der Waals surface area contributed by atoms with Crippen molar-refractivity contribution < 1.29 is 4.57 Å². The SMILES string of the molecule is CP(C)(=O)c1ccc(Br)cc1Cl. The molecule has 0 unspecified atom stereocenters. The third kappa shape index (κ3) is 2.35. The number of benzene rings is 1. The van der Waals surface area contributed by atoms with Crippen molar-refractivity contribution in [3.63, 3.8) is 0 Å². The number of halogens is 2. The molecule has 12 heavy (non-hydrogen) atoms. The normalized spacial score (nSPS) is 11.7. The van der Waals surface area contributed by atoms with Crippen molar-refractivity contribution in [2.75, 3.05) is 13.3 Å². The minimum atomic E-state index is -2.23. The highest BCUT2D eigenvalue weighted by molar-refractivity contribution is 9.10. The highest BCUT2D eigenvalue weighted by Gasteiger charge is 2.14. The van der Waals surface area contributed by atoms with Gasteiger partial charge in [0.2, 0.25) is 0 Å². The van der Waals surface area contributed by atoms with Gasteiger partial charge in [0.15, 0.2) is 0 Å². The Balaban J connectivity index is 3.28. The van der Waals surface area contributed by atoms with Crippen LogP contribution in [-0.2, 0) is 4.57 Å². The maximum absolute atomic E-state index is 11.6. The minimum absolute atomic E-state index is 0.567. The maximum Gasteiger partial charge on any atom is 0.111 e. The van der Waals surface area contributed by atoms with Gasteiger partial charge in [0.1, 0.15) is 7.14 Å². The lowest BCUT2D eigenvalue weighted by molar-refractivity contribution is 0.588. The van der Waals surface area contributed by atoms with Gasteiger partial charge in [-0.1, -0.05) is 27.5 Å². The van der Waals surface area contributed by atoms with E-state index in [1.165, 1.54) is 0 Å². The number of rotatable bonds is 1. The summed E-state index contributed by atoms with van der Waals surface area (Å²) in [6, 6.07) is 5.41. The first kappa shape index (κ1) is 10.3. The lowest BCUT2D eigenvalue weighted by atomic mass is 10.4. The molecular weight excluding hydrogens is 258 g/mol. The van der Waals surface area contributed by atoms with E-state index in [1.54, 1.807) is 25.5 Å². The fraction of sp³-hybridized carbons (Fsp3) is 0.250. The van der Waals surface area contributed by atoms with Gasteiger partial charge in [-0.15, -0.1) is 0 Å². The molecule has 0 saturated heterocycles. The zero-order valence-electron chi connectivity index (χ0n) is 6.84. The lowest BCUT2D eigenvalue weighted by Crippen LogP contribution is -2.03. The van der Waals surface area contributed by atoms with E-state index in [2.05, 4.69) is 15.9 Å². The van der Waals surface area contributed by atoms with Crippen molar-refractivity contribution in [3.05, 3.63) is 27.7 Å². The number of hydrogen-bond donors (Lipinski definition) is 0. The van der Waals surface area contributed by atoms with Crippen LogP contribution in [0.4, 0.5) is 0 Å². The summed E-state index contributed by atoms with van der Waals surface area (Å²) in [5, 5.41) is 1.31. The van der Waals surface area contributed by atoms with Crippen molar-refractivity contribution in [2.45, 2.75) is 0 Å². The summed E-state index contributed by atoms with van der Waals surface area (Å²) in [6.07, 6.45) is 0. The van der Waals surface area contributed by atoms with Gasteiger partial charge >= 0.3 is 0 Å². The molecule has 0 aliphatic rings. The molecule has 0 radical (unpaired) electrons. The summed E-state index contributed by atoms with van der Waals surface area (Å²) in [4.78, 5) is 0. The van der Waals surface area contributed by atoms with Crippen molar-refractivity contribution in [3.8, 4) is 0 Å². The van der Waals surface area contributed by atoms with Crippen LogP contribution in [-0.4, -0.2) is 13.3 Å². The molecule has 1 aromatic rings. The van der Waals surface area contributed by atoms with Gasteiger partial charge in [-0.05, 0) is 31.5 Å². The predicted octanol–water partition coefficient (Wildman–Crippen LogP) is 3.35. The second-order valence-corrected chi connectivity index (χ2v) is 7.45. The third-order valence-electron chi connectivity index (χ3n) is 1.49. The molecule has 0 aliphatic carbocycles. The Bertz CT molecular complexity index is 345. The molecule has 0 aromatic heterocycles. The first-order valence-electron chi connectivity index (χ1n) is 3.42. The van der Waals surface area contributed by atoms with Crippen LogP contribution < -0.4 is 5.30 Å². The Hall–Kier alpha value is 0.220. The fourth-order valence-electron chi connectivity index (χ4n) is 0.918. The van der Waals surface area contributed by atoms with E-state index >= 15 is 0 Å². The molecule has 0 amide bonds. The molecular formula is C8H9BrClOP. The topological polar surface area (TPSA) is 17.1 Å². The first-order chi connectivity index (χ1) is 5.41. The molecule has 4 heteroatoms. The van der Waals surface area contributed by atoms with E-state index in [1.807, 2.05) is 6.07 Å². The molecule has 1 rings (SSSR count). The van der Waals surface area contributed by atoms with Crippen LogP contribution in [0.2, 0.25) is 5.02 Å². The van der Waals surface area contributed by atoms with E-state index < -0.39 is 7.14 Å². The van der Waals surface area contributed by atoms with Gasteiger partial charge in [0.05, 0.1) is 5.02 Å². The van der Waals surface area contributed by atoms with Gasteiger partial charge in [-0.2, -0.15) is 0 Å². The van der Waals surface area contributed by atoms with Crippen LogP contribution in [0.25, 0.3) is 0 Å². The van der Waals surface area contributed by atoms with Crippen LogP contribution >= 0.6 is 34.7 Å². The molecule has 66 valence electrons. The van der Waals surface area contributed by atoms with E-state index in [0.717, 1.165) is 9.78 Å². The summed E-state index contributed by atoms with van der Waals surface area (Å²) in [5.74, 6) is 0. The Labute approximate surface area is 85.6 Å². The first-order valence-corrected chi connectivity index (χ1v) is 7.19. The third-order valence-corrected chi connectivity index (χ3v) is 3.98. The zero-order chi connectivity index (χ0) is 9.35. The second kappa shape index (κ2) is 3.53. The summed E-state index contributed by atoms with van der Waals surface area (Å²) in [6.45, 7) is 3.42. The number of hydrogen-bond acceptors (Lipinski definition) is 1. The zero-order valence-corrected chi connectivity index (χ0v) is 10.1. The van der Waals surface area contributed by atoms with E-state index in [-0.39, 0.29) is 0 Å². The Morgan fingerprint density at radius 3 is 2.42 bits per heavy atom. The molecule has 1 aromatic carbocycles. The summed E-state index contributed by atoms with van der Waals surface area (Å²) in [7, 11) is -2.23. The van der Waals surface area contributed by atoms with Crippen LogP contribution in [0.1, 0.15) is 0 Å². The van der Waals surface area contributed by atoms with Crippen LogP contribution in [0.5, 0.6) is 0 Å². The molecule has 0 saturated carbocycles. The average Bonchev–Trinajstić information content (AvgIpc) is 1.83. The molecule has 0 bridgehead atoms. The van der Waals surface area contributed by atoms with E-state index in [9.17, 15) is 4.57 Å². The maximum atomic E-state index is 11.6. The second-order valence-electron chi connectivity index (χ2n) is 2.95. The Kier molecular flexibility index (Phi) is 3.03. The van der Waals surface area contributed by atoms with Crippen LogP contribution in [0.3, 0.4) is 0 Å². The molecule has 1 nitrogen and oxygen atoms in total. The van der Waals surface area contributed by atoms with E-state index in [4.69, 9.17) is 11.6 Å². The lowest BCUT2D eigenvalue weighted by Gasteiger charge is -2.08. The van der Waals surface area contributed by atoms with Crippen LogP contribution in [0, 0.1) is 0 Å². The molecule has 0 atom stereocenters. The Morgan fingerprint density at radius 1 is 1.42 bits per heavy atom. The van der Waals surface area contributed by atoms with Gasteiger partial charge in [0.25, 0.3) is 0 Å². The van der Waals surface area contributed by atoms with Gasteiger partial charge in [-0.3, -0.25) is 0 Å². The largest absolute Gasteiger partial charge is 0.319 e. The summed E-state index contributed by atoms with van der Waals surface area (Å²) in [5.41, 5.74) is 0. The minimum Gasteiger partial charge on any atom is -0.319 e. The van der Waals surface area contributed by atoms with Crippen molar-refractivity contribution in [2.24, 2.45) is 0 Å². The molecule has 0 aliphatic heterocycles. The summed E-state index contributed by atoms with van der Waals surface area (Å²) < 4.78 is 12.6. The van der Waals surface area contributed by atoms with E-state index in [0.29, 0.717) is 5.02 Å². The standard InChI is InChI=1S/C8H9BrClOP/c1-12(2,11)8-4-3-6(9)5-7(8)10/h3-5H,1-2H3. The smallest absolute Gasteiger partial charge is 0.111 e. The van der Waals surface area contributed by atoms with Crippen molar-refractivity contribution in [1.82, 2.24) is 0 Å². The van der Waals surface area contributed by atoms with Crippen molar-refractivity contribution in [1.29, 1.82) is 0 Å². The summed E-state index contributed by atoms with van der Waals surface area (Å²) >= 11 is 9.20. The van der Waals surface area contributed by atoms with Gasteiger partial charge in [0, 0.05) is 9.78 Å². The quantitative estimate of drug-likeness (QED) is 0.713. The molecule has 0 heterocycles.